The second kappa shape index (κ2) is 9.33. The lowest BCUT2D eigenvalue weighted by molar-refractivity contribution is -0.125. The first-order valence-corrected chi connectivity index (χ1v) is 10.00. The monoisotopic (exact) mass is 392 g/mol. The molecule has 0 radical (unpaired) electrons. The van der Waals surface area contributed by atoms with Crippen molar-refractivity contribution >= 4 is 23.3 Å². The number of thiazole rings is 1. The Morgan fingerprint density at radius 2 is 1.96 bits per heavy atom. The maximum atomic E-state index is 12.4. The van der Waals surface area contributed by atoms with E-state index < -0.39 is 0 Å². The summed E-state index contributed by atoms with van der Waals surface area (Å²) in [6.45, 7) is 5.05. The molecule has 2 aromatic carbocycles. The van der Waals surface area contributed by atoms with Gasteiger partial charge >= 0.3 is 0 Å². The molecule has 5 heteroatoms. The van der Waals surface area contributed by atoms with Crippen molar-refractivity contribution in [1.29, 1.82) is 0 Å². The van der Waals surface area contributed by atoms with Crippen LogP contribution >= 0.6 is 11.3 Å². The zero-order valence-electron chi connectivity index (χ0n) is 16.4. The summed E-state index contributed by atoms with van der Waals surface area (Å²) in [4.78, 5) is 18.5. The van der Waals surface area contributed by atoms with Gasteiger partial charge in [0.25, 0.3) is 0 Å². The molecule has 1 amide bonds. The highest BCUT2D eigenvalue weighted by Gasteiger charge is 2.06. The molecule has 3 aromatic rings. The lowest BCUT2D eigenvalue weighted by Gasteiger charge is -2.15. The third-order valence-corrected chi connectivity index (χ3v) is 5.07. The second-order valence-corrected chi connectivity index (χ2v) is 7.79. The number of hydrogen-bond donors (Lipinski definition) is 0. The molecule has 28 heavy (non-hydrogen) atoms. The van der Waals surface area contributed by atoms with Crippen LogP contribution in [0.3, 0.4) is 0 Å². The molecule has 0 unspecified atom stereocenters. The van der Waals surface area contributed by atoms with Gasteiger partial charge in [-0.2, -0.15) is 0 Å². The van der Waals surface area contributed by atoms with Crippen LogP contribution in [-0.2, 0) is 17.9 Å². The Balaban J connectivity index is 1.56. The van der Waals surface area contributed by atoms with Crippen molar-refractivity contribution in [3.8, 4) is 5.75 Å². The van der Waals surface area contributed by atoms with E-state index in [0.29, 0.717) is 13.2 Å². The Hall–Kier alpha value is -2.92. The van der Waals surface area contributed by atoms with Crippen LogP contribution in [0.25, 0.3) is 6.08 Å². The van der Waals surface area contributed by atoms with Gasteiger partial charge in [0.1, 0.15) is 12.4 Å². The van der Waals surface area contributed by atoms with Gasteiger partial charge < -0.3 is 9.64 Å². The van der Waals surface area contributed by atoms with Crippen LogP contribution in [0.15, 0.2) is 60.0 Å². The Morgan fingerprint density at radius 1 is 1.18 bits per heavy atom. The molecule has 4 nitrogen and oxygen atoms in total. The van der Waals surface area contributed by atoms with Gasteiger partial charge in [-0.15, -0.1) is 11.3 Å². The van der Waals surface area contributed by atoms with E-state index in [1.807, 2.05) is 61.8 Å². The maximum absolute atomic E-state index is 12.4. The van der Waals surface area contributed by atoms with Gasteiger partial charge in [-0.3, -0.25) is 4.79 Å². The third-order valence-electron chi connectivity index (χ3n) is 4.25. The van der Waals surface area contributed by atoms with E-state index in [1.54, 1.807) is 22.3 Å². The van der Waals surface area contributed by atoms with Crippen LogP contribution in [0.4, 0.5) is 0 Å². The molecule has 1 aromatic heterocycles. The van der Waals surface area contributed by atoms with E-state index in [4.69, 9.17) is 4.74 Å². The van der Waals surface area contributed by atoms with Gasteiger partial charge in [-0.25, -0.2) is 4.98 Å². The molecule has 3 rings (SSSR count). The second-order valence-electron chi connectivity index (χ2n) is 6.73. The van der Waals surface area contributed by atoms with E-state index >= 15 is 0 Å². The number of rotatable bonds is 7. The number of carbonyl (C=O) groups excluding carboxylic acids is 1. The number of nitrogens with zero attached hydrogens (tertiary/aromatic N) is 2. The first kappa shape index (κ1) is 19.8. The third kappa shape index (κ3) is 5.79. The van der Waals surface area contributed by atoms with Crippen LogP contribution in [0, 0.1) is 13.8 Å². The molecule has 0 saturated heterocycles. The van der Waals surface area contributed by atoms with Crippen LogP contribution < -0.4 is 4.74 Å². The standard InChI is InChI=1S/C23H24N2O2S/c1-17-7-9-20(10-8-17)14-25(3)23(26)12-11-19-5-4-6-22(13-19)27-15-21-16-28-18(2)24-21/h4-13,16H,14-15H2,1-3H3/b12-11-. The van der Waals surface area contributed by atoms with Crippen LogP contribution in [0.5, 0.6) is 5.75 Å². The summed E-state index contributed by atoms with van der Waals surface area (Å²) in [5, 5.41) is 3.03. The van der Waals surface area contributed by atoms with Crippen molar-refractivity contribution in [3.63, 3.8) is 0 Å². The predicted octanol–water partition coefficient (Wildman–Crippen LogP) is 5.01. The van der Waals surface area contributed by atoms with E-state index in [1.165, 1.54) is 5.56 Å². The average molecular weight is 393 g/mol. The molecule has 0 bridgehead atoms. The molecular formula is C23H24N2O2S. The molecule has 1 heterocycles. The van der Waals surface area contributed by atoms with Crippen molar-refractivity contribution in [2.24, 2.45) is 0 Å². The Morgan fingerprint density at radius 3 is 2.68 bits per heavy atom. The molecule has 144 valence electrons. The first-order chi connectivity index (χ1) is 13.5. The van der Waals surface area contributed by atoms with E-state index in [2.05, 4.69) is 24.0 Å². The number of amides is 1. The number of benzene rings is 2. The number of ether oxygens (including phenoxy) is 1. The fourth-order valence-corrected chi connectivity index (χ4v) is 3.28. The number of aryl methyl sites for hydroxylation is 2. The first-order valence-electron chi connectivity index (χ1n) is 9.12. The smallest absolute Gasteiger partial charge is 0.246 e. The summed E-state index contributed by atoms with van der Waals surface area (Å²) in [7, 11) is 1.81. The van der Waals surface area contributed by atoms with Crippen molar-refractivity contribution in [2.45, 2.75) is 27.0 Å². The summed E-state index contributed by atoms with van der Waals surface area (Å²) in [5.74, 6) is 0.720. The van der Waals surface area contributed by atoms with Crippen molar-refractivity contribution in [1.82, 2.24) is 9.88 Å². The Bertz CT molecular complexity index is 961. The maximum Gasteiger partial charge on any atom is 0.246 e. The molecule has 0 fully saturated rings. The van der Waals surface area contributed by atoms with Crippen LogP contribution in [-0.4, -0.2) is 22.8 Å². The largest absolute Gasteiger partial charge is 0.487 e. The molecular weight excluding hydrogens is 368 g/mol. The highest BCUT2D eigenvalue weighted by atomic mass is 32.1. The van der Waals surface area contributed by atoms with Crippen molar-refractivity contribution < 1.29 is 9.53 Å². The van der Waals surface area contributed by atoms with Gasteiger partial charge in [0.05, 0.1) is 10.7 Å². The minimum Gasteiger partial charge on any atom is -0.487 e. The molecule has 0 N–H and O–H groups in total. The number of hydrogen-bond acceptors (Lipinski definition) is 4. The van der Waals surface area contributed by atoms with Gasteiger partial charge in [-0.05, 0) is 43.2 Å². The van der Waals surface area contributed by atoms with E-state index in [-0.39, 0.29) is 5.91 Å². The van der Waals surface area contributed by atoms with Gasteiger partial charge in [-0.1, -0.05) is 42.0 Å². The zero-order valence-corrected chi connectivity index (χ0v) is 17.2. The van der Waals surface area contributed by atoms with E-state index in [9.17, 15) is 4.79 Å². The molecule has 0 aliphatic carbocycles. The lowest BCUT2D eigenvalue weighted by atomic mass is 10.1. The quantitative estimate of drug-likeness (QED) is 0.531. The molecule has 0 aliphatic heterocycles. The number of likely N-dealkylation sites (N-methyl/N-ethyl adjacent to an activating group) is 1. The number of carbonyl (C=O) groups is 1. The minimum atomic E-state index is -0.0372. The summed E-state index contributed by atoms with van der Waals surface area (Å²) < 4.78 is 5.80. The van der Waals surface area contributed by atoms with Gasteiger partial charge in [0.2, 0.25) is 5.91 Å². The topological polar surface area (TPSA) is 42.4 Å². The highest BCUT2D eigenvalue weighted by molar-refractivity contribution is 7.09. The lowest BCUT2D eigenvalue weighted by Crippen LogP contribution is -2.24. The molecule has 0 spiro atoms. The van der Waals surface area contributed by atoms with E-state index in [0.717, 1.165) is 27.6 Å². The normalized spacial score (nSPS) is 11.0. The number of aromatic nitrogens is 1. The summed E-state index contributed by atoms with van der Waals surface area (Å²) in [6, 6.07) is 15.9. The average Bonchev–Trinajstić information content (AvgIpc) is 3.12. The van der Waals surface area contributed by atoms with Crippen molar-refractivity contribution in [3.05, 3.63) is 87.4 Å². The Labute approximate surface area is 170 Å². The summed E-state index contributed by atoms with van der Waals surface area (Å²) in [6.07, 6.45) is 3.41. The highest BCUT2D eigenvalue weighted by Crippen LogP contribution is 2.17. The van der Waals surface area contributed by atoms with Gasteiger partial charge in [0.15, 0.2) is 0 Å². The molecule has 0 saturated carbocycles. The molecule has 0 atom stereocenters. The SMILES string of the molecule is Cc1ccc(CN(C)C(=O)/C=C\c2cccc(OCc3csc(C)n3)c2)cc1. The zero-order chi connectivity index (χ0) is 19.9. The van der Waals surface area contributed by atoms with Crippen LogP contribution in [0.1, 0.15) is 27.4 Å². The molecule has 0 aliphatic rings. The minimum absolute atomic E-state index is 0.0372. The predicted molar refractivity (Wildman–Crippen MR) is 114 cm³/mol. The summed E-state index contributed by atoms with van der Waals surface area (Å²) >= 11 is 1.61. The fraction of sp³-hybridized carbons (Fsp3) is 0.217. The van der Waals surface area contributed by atoms with Crippen LogP contribution in [0.2, 0.25) is 0 Å². The summed E-state index contributed by atoms with van der Waals surface area (Å²) in [5.41, 5.74) is 4.17. The Kier molecular flexibility index (Phi) is 6.61. The van der Waals surface area contributed by atoms with Gasteiger partial charge in [0, 0.05) is 25.0 Å². The van der Waals surface area contributed by atoms with Crippen molar-refractivity contribution in [2.75, 3.05) is 7.05 Å². The fourth-order valence-electron chi connectivity index (χ4n) is 2.68.